The summed E-state index contributed by atoms with van der Waals surface area (Å²) in [5.74, 6) is 0. The molecule has 8 aromatic rings. The van der Waals surface area contributed by atoms with Gasteiger partial charge >= 0.3 is 0 Å². The molecule has 208 valence electrons. The number of rotatable bonds is 6. The molecule has 8 rings (SSSR count). The van der Waals surface area contributed by atoms with Crippen molar-refractivity contribution >= 4 is 33.2 Å². The molecule has 0 aliphatic rings. The van der Waals surface area contributed by atoms with Crippen molar-refractivity contribution in [3.05, 3.63) is 176 Å². The van der Waals surface area contributed by atoms with Gasteiger partial charge in [0.1, 0.15) is 0 Å². The predicted octanol–water partition coefficient (Wildman–Crippen LogP) is 11.5. The predicted molar refractivity (Wildman–Crippen MR) is 187 cm³/mol. The lowest BCUT2D eigenvalue weighted by Crippen LogP contribution is -1.93. The fourth-order valence-electron chi connectivity index (χ4n) is 5.92. The zero-order valence-electron chi connectivity index (χ0n) is 28.8. The molecule has 0 saturated heterocycles. The third-order valence-corrected chi connectivity index (χ3v) is 8.08. The first kappa shape index (κ1) is 20.9. The Morgan fingerprint density at radius 1 is 0.409 bits per heavy atom. The average Bonchev–Trinajstić information content (AvgIpc) is 3.47. The van der Waals surface area contributed by atoms with E-state index in [1.54, 1.807) is 4.57 Å². The summed E-state index contributed by atoms with van der Waals surface area (Å²) in [7, 11) is 0. The van der Waals surface area contributed by atoms with Crippen molar-refractivity contribution in [3.63, 3.8) is 0 Å². The fraction of sp³-hybridized carbons (Fsp3) is 0. The Hall–Kier alpha value is -5.86. The van der Waals surface area contributed by atoms with Crippen LogP contribution in [0, 0.1) is 0 Å². The Balaban J connectivity index is 1.07. The Morgan fingerprint density at radius 3 is 1.61 bits per heavy atom. The number of aromatic nitrogens is 1. The molecule has 0 amide bonds. The summed E-state index contributed by atoms with van der Waals surface area (Å²) in [6.45, 7) is 0. The van der Waals surface area contributed by atoms with Gasteiger partial charge in [-0.3, -0.25) is 0 Å². The Bertz CT molecular complexity index is 2480. The van der Waals surface area contributed by atoms with E-state index in [1.807, 2.05) is 42.5 Å². The van der Waals surface area contributed by atoms with Crippen LogP contribution in [0.3, 0.4) is 0 Å². The lowest BCUT2D eigenvalue weighted by atomic mass is 9.99. The number of hydrogen-bond acceptors (Lipinski definition) is 1. The normalized spacial score (nSPS) is 12.8. The van der Waals surface area contributed by atoms with E-state index in [0.717, 1.165) is 49.9 Å². The maximum atomic E-state index is 8.63. The summed E-state index contributed by atoms with van der Waals surface area (Å²) in [4.78, 5) is 0. The highest BCUT2D eigenvalue weighted by atomic mass is 15.0. The van der Waals surface area contributed by atoms with Crippen LogP contribution in [-0.2, 0) is 0 Å². The largest absolute Gasteiger partial charge is 0.356 e. The van der Waals surface area contributed by atoms with Gasteiger partial charge in [-0.05, 0) is 94.0 Å². The zero-order chi connectivity index (χ0) is 33.6. The van der Waals surface area contributed by atoms with E-state index in [9.17, 15) is 0 Å². The summed E-state index contributed by atoms with van der Waals surface area (Å²) in [6, 6.07) is 48.1. The summed E-state index contributed by atoms with van der Waals surface area (Å²) in [6.07, 6.45) is 0. The number of fused-ring (bicyclic) bond motifs is 3. The quantitative estimate of drug-likeness (QED) is 0.211. The molecule has 0 aliphatic carbocycles. The van der Waals surface area contributed by atoms with Crippen LogP contribution in [0.5, 0.6) is 0 Å². The van der Waals surface area contributed by atoms with Crippen molar-refractivity contribution in [2.45, 2.75) is 0 Å². The van der Waals surface area contributed by atoms with Crippen LogP contribution in [0.2, 0.25) is 0 Å². The number of nitrogens with one attached hydrogen (secondary N) is 1. The Kier molecular flexibility index (Phi) is 5.27. The van der Waals surface area contributed by atoms with Crippen LogP contribution in [0.1, 0.15) is 6.85 Å². The number of benzene rings is 7. The van der Waals surface area contributed by atoms with Gasteiger partial charge in [0, 0.05) is 27.8 Å². The summed E-state index contributed by atoms with van der Waals surface area (Å²) in [5, 5.41) is 5.40. The Labute approximate surface area is 264 Å². The van der Waals surface area contributed by atoms with Crippen LogP contribution in [0.4, 0.5) is 11.4 Å². The van der Waals surface area contributed by atoms with Crippen LogP contribution in [0.15, 0.2) is 176 Å². The topological polar surface area (TPSA) is 17.0 Å². The van der Waals surface area contributed by atoms with Gasteiger partial charge in [-0.25, -0.2) is 0 Å². The van der Waals surface area contributed by atoms with Gasteiger partial charge in [0.2, 0.25) is 0 Å². The SMILES string of the molecule is [2H]c1c([2H])c([2H])c(-n2c3ccccc3c3cc(-c4ccc(Nc5ccc(-c6cccc(-c7ccccc7)c6)cc5)cc4)ccc32)c([2H])c1[2H]. The highest BCUT2D eigenvalue weighted by molar-refractivity contribution is 6.10. The minimum Gasteiger partial charge on any atom is -0.356 e. The van der Waals surface area contributed by atoms with E-state index in [1.165, 1.54) is 16.7 Å². The van der Waals surface area contributed by atoms with Crippen LogP contribution in [-0.4, -0.2) is 4.57 Å². The van der Waals surface area contributed by atoms with Gasteiger partial charge in [-0.1, -0.05) is 115 Å². The fourth-order valence-corrected chi connectivity index (χ4v) is 5.92. The third kappa shape index (κ3) is 4.83. The first-order chi connectivity index (χ1) is 23.9. The number of anilines is 2. The highest BCUT2D eigenvalue weighted by Crippen LogP contribution is 2.35. The number of nitrogens with zero attached hydrogens (tertiary/aromatic N) is 1. The number of para-hydroxylation sites is 2. The molecular formula is C42H30N2. The molecule has 0 aliphatic heterocycles. The minimum atomic E-state index is -0.401. The van der Waals surface area contributed by atoms with E-state index in [4.69, 9.17) is 6.85 Å². The minimum absolute atomic E-state index is 0.147. The lowest BCUT2D eigenvalue weighted by molar-refractivity contribution is 1.18. The molecule has 44 heavy (non-hydrogen) atoms. The van der Waals surface area contributed by atoms with Gasteiger partial charge in [-0.15, -0.1) is 0 Å². The molecule has 1 N–H and O–H groups in total. The second-order valence-electron chi connectivity index (χ2n) is 10.8. The van der Waals surface area contributed by atoms with Crippen molar-refractivity contribution in [1.29, 1.82) is 0 Å². The van der Waals surface area contributed by atoms with Crippen molar-refractivity contribution < 1.29 is 6.85 Å². The van der Waals surface area contributed by atoms with E-state index in [2.05, 4.69) is 108 Å². The molecular weight excluding hydrogens is 532 g/mol. The van der Waals surface area contributed by atoms with Crippen molar-refractivity contribution in [3.8, 4) is 39.1 Å². The van der Waals surface area contributed by atoms with Gasteiger partial charge in [-0.2, -0.15) is 0 Å². The monoisotopic (exact) mass is 567 g/mol. The number of hydrogen-bond donors (Lipinski definition) is 1. The Morgan fingerprint density at radius 2 is 0.932 bits per heavy atom. The average molecular weight is 568 g/mol. The molecule has 2 heteroatoms. The summed E-state index contributed by atoms with van der Waals surface area (Å²) in [5.41, 5.74) is 10.5. The lowest BCUT2D eigenvalue weighted by Gasteiger charge is -2.10. The smallest absolute Gasteiger partial charge is 0.0645 e. The van der Waals surface area contributed by atoms with E-state index in [-0.39, 0.29) is 29.9 Å². The highest BCUT2D eigenvalue weighted by Gasteiger charge is 2.13. The third-order valence-electron chi connectivity index (χ3n) is 8.08. The molecule has 0 fully saturated rings. The second kappa shape index (κ2) is 11.1. The van der Waals surface area contributed by atoms with E-state index < -0.39 is 6.04 Å². The van der Waals surface area contributed by atoms with Gasteiger partial charge in [0.25, 0.3) is 0 Å². The zero-order valence-corrected chi connectivity index (χ0v) is 23.8. The van der Waals surface area contributed by atoms with Crippen LogP contribution >= 0.6 is 0 Å². The first-order valence-electron chi connectivity index (χ1n) is 17.1. The molecule has 2 nitrogen and oxygen atoms in total. The van der Waals surface area contributed by atoms with Crippen molar-refractivity contribution in [2.24, 2.45) is 0 Å². The second-order valence-corrected chi connectivity index (χ2v) is 10.8. The standard InChI is InChI=1S/C42H30N2/c1-3-10-30(11-4-1)33-12-9-13-34(28-33)31-18-23-36(24-19-31)43-37-25-20-32(21-26-37)35-22-27-42-40(29-35)39-16-7-8-17-41(39)44(42)38-14-5-2-6-15-38/h1-29,43H/i2D,5D,6D,14D,15D. The molecule has 0 radical (unpaired) electrons. The van der Waals surface area contributed by atoms with Gasteiger partial charge in [0.05, 0.1) is 17.9 Å². The van der Waals surface area contributed by atoms with Crippen molar-refractivity contribution in [2.75, 3.05) is 5.32 Å². The molecule has 0 unspecified atom stereocenters. The van der Waals surface area contributed by atoms with Gasteiger partial charge in [0.15, 0.2) is 0 Å². The van der Waals surface area contributed by atoms with E-state index >= 15 is 0 Å². The molecule has 1 aromatic heterocycles. The molecule has 1 heterocycles. The first-order valence-corrected chi connectivity index (χ1v) is 14.6. The molecule has 7 aromatic carbocycles. The molecule has 0 atom stereocenters. The maximum Gasteiger partial charge on any atom is 0.0645 e. The molecule has 0 spiro atoms. The van der Waals surface area contributed by atoms with Crippen LogP contribution in [0.25, 0.3) is 60.9 Å². The molecule has 0 saturated carbocycles. The summed E-state index contributed by atoms with van der Waals surface area (Å²) < 4.78 is 43.6. The van der Waals surface area contributed by atoms with Crippen LogP contribution < -0.4 is 5.32 Å². The van der Waals surface area contributed by atoms with Gasteiger partial charge < -0.3 is 9.88 Å². The van der Waals surface area contributed by atoms with Crippen molar-refractivity contribution in [1.82, 2.24) is 4.57 Å². The molecule has 0 bridgehead atoms. The van der Waals surface area contributed by atoms with E-state index in [0.29, 0.717) is 0 Å². The summed E-state index contributed by atoms with van der Waals surface area (Å²) >= 11 is 0. The maximum absolute atomic E-state index is 8.63.